The molecule has 1 aromatic rings. The molecule has 0 bridgehead atoms. The second-order valence-electron chi connectivity index (χ2n) is 10.1. The Morgan fingerprint density at radius 2 is 1.74 bits per heavy atom. The Balaban J connectivity index is 1.36. The second-order valence-corrected chi connectivity index (χ2v) is 10.1. The number of unbranched alkanes of at least 4 members (excludes halogenated alkanes) is 3. The fraction of sp³-hybridized carbons (Fsp3) is 0.724. The normalized spacial score (nSPS) is 24.1. The topological polar surface area (TPSA) is 9.23 Å². The van der Waals surface area contributed by atoms with Crippen molar-refractivity contribution in [3.05, 3.63) is 41.2 Å². The average Bonchev–Trinajstić information content (AvgIpc) is 2.81. The maximum atomic E-state index is 14.2. The van der Waals surface area contributed by atoms with Crippen molar-refractivity contribution in [1.82, 2.24) is 0 Å². The maximum absolute atomic E-state index is 14.2. The predicted molar refractivity (Wildman–Crippen MR) is 130 cm³/mol. The zero-order chi connectivity index (χ0) is 21.9. The van der Waals surface area contributed by atoms with E-state index >= 15 is 0 Å². The van der Waals surface area contributed by atoms with Crippen molar-refractivity contribution in [2.45, 2.75) is 110 Å². The van der Waals surface area contributed by atoms with Gasteiger partial charge in [0.1, 0.15) is 0 Å². The standard InChI is InChI=1S/C29H45FO/c1-3-5-6-7-8-23-11-16-26(17-12-23)27-18-13-24(14-19-27)9-10-25-15-20-29(28(30)22-25)31-21-4-2/h13,15,20,22-23,26-27H,3-12,14,16-19,21H2,1-2H3. The van der Waals surface area contributed by atoms with Crippen molar-refractivity contribution >= 4 is 0 Å². The third-order valence-corrected chi connectivity index (χ3v) is 7.76. The minimum absolute atomic E-state index is 0.218. The van der Waals surface area contributed by atoms with E-state index in [9.17, 15) is 4.39 Å². The molecule has 0 amide bonds. The summed E-state index contributed by atoms with van der Waals surface area (Å²) in [5.41, 5.74) is 2.68. The van der Waals surface area contributed by atoms with Crippen molar-refractivity contribution in [1.29, 1.82) is 0 Å². The van der Waals surface area contributed by atoms with Gasteiger partial charge in [-0.1, -0.05) is 76.5 Å². The summed E-state index contributed by atoms with van der Waals surface area (Å²) in [6.07, 6.45) is 22.4. The molecule has 0 radical (unpaired) electrons. The molecule has 0 aromatic heterocycles. The fourth-order valence-corrected chi connectivity index (χ4v) is 5.71. The van der Waals surface area contributed by atoms with Gasteiger partial charge in [0.15, 0.2) is 11.6 Å². The van der Waals surface area contributed by atoms with Gasteiger partial charge >= 0.3 is 0 Å². The van der Waals surface area contributed by atoms with E-state index < -0.39 is 0 Å². The van der Waals surface area contributed by atoms with Crippen LogP contribution in [0.1, 0.15) is 109 Å². The molecule has 1 fully saturated rings. The third kappa shape index (κ3) is 7.95. The molecular weight excluding hydrogens is 383 g/mol. The highest BCUT2D eigenvalue weighted by atomic mass is 19.1. The molecule has 0 spiro atoms. The summed E-state index contributed by atoms with van der Waals surface area (Å²) in [4.78, 5) is 0. The van der Waals surface area contributed by atoms with Crippen LogP contribution in [0, 0.1) is 23.6 Å². The Hall–Kier alpha value is -1.31. The lowest BCUT2D eigenvalue weighted by Crippen LogP contribution is -2.23. The van der Waals surface area contributed by atoms with E-state index in [1.165, 1.54) is 77.0 Å². The third-order valence-electron chi connectivity index (χ3n) is 7.76. The number of benzene rings is 1. The smallest absolute Gasteiger partial charge is 0.165 e. The van der Waals surface area contributed by atoms with Gasteiger partial charge in [0.05, 0.1) is 6.61 Å². The van der Waals surface area contributed by atoms with Gasteiger partial charge in [-0.25, -0.2) is 4.39 Å². The zero-order valence-corrected chi connectivity index (χ0v) is 20.1. The van der Waals surface area contributed by atoms with Crippen LogP contribution in [-0.2, 0) is 6.42 Å². The van der Waals surface area contributed by atoms with Gasteiger partial charge in [-0.3, -0.25) is 0 Å². The number of rotatable bonds is 12. The molecule has 31 heavy (non-hydrogen) atoms. The number of halogens is 1. The van der Waals surface area contributed by atoms with E-state index in [0.29, 0.717) is 12.4 Å². The highest BCUT2D eigenvalue weighted by Gasteiger charge is 2.28. The zero-order valence-electron chi connectivity index (χ0n) is 20.1. The van der Waals surface area contributed by atoms with Gasteiger partial charge in [-0.2, -0.15) is 0 Å². The van der Waals surface area contributed by atoms with Gasteiger partial charge < -0.3 is 4.74 Å². The average molecular weight is 429 g/mol. The van der Waals surface area contributed by atoms with Crippen LogP contribution in [0.4, 0.5) is 4.39 Å². The first kappa shape index (κ1) is 24.3. The molecule has 2 aliphatic carbocycles. The molecule has 1 unspecified atom stereocenters. The first-order chi connectivity index (χ1) is 15.2. The lowest BCUT2D eigenvalue weighted by molar-refractivity contribution is 0.185. The van der Waals surface area contributed by atoms with Crippen molar-refractivity contribution in [2.75, 3.05) is 6.61 Å². The van der Waals surface area contributed by atoms with E-state index in [1.807, 2.05) is 13.0 Å². The van der Waals surface area contributed by atoms with Crippen LogP contribution in [0.3, 0.4) is 0 Å². The summed E-state index contributed by atoms with van der Waals surface area (Å²) in [7, 11) is 0. The summed E-state index contributed by atoms with van der Waals surface area (Å²) < 4.78 is 19.6. The summed E-state index contributed by atoms with van der Waals surface area (Å²) >= 11 is 0. The van der Waals surface area contributed by atoms with Crippen molar-refractivity contribution in [3.8, 4) is 5.75 Å². The van der Waals surface area contributed by atoms with E-state index in [0.717, 1.165) is 42.6 Å². The molecule has 174 valence electrons. The van der Waals surface area contributed by atoms with E-state index in [-0.39, 0.29) is 5.82 Å². The highest BCUT2D eigenvalue weighted by Crippen LogP contribution is 2.41. The Kier molecular flexibility index (Phi) is 10.4. The lowest BCUT2D eigenvalue weighted by atomic mass is 9.70. The molecule has 0 aliphatic heterocycles. The summed E-state index contributed by atoms with van der Waals surface area (Å²) in [5.74, 6) is 3.07. The molecule has 0 N–H and O–H groups in total. The molecule has 2 heteroatoms. The predicted octanol–water partition coefficient (Wildman–Crippen LogP) is 9.05. The second kappa shape index (κ2) is 13.3. The molecule has 1 atom stereocenters. The monoisotopic (exact) mass is 428 g/mol. The first-order valence-electron chi connectivity index (χ1n) is 13.3. The molecule has 1 aromatic carbocycles. The number of allylic oxidation sites excluding steroid dienone is 2. The number of aryl methyl sites for hydroxylation is 1. The molecule has 1 nitrogen and oxygen atoms in total. The Bertz CT molecular complexity index is 671. The minimum Gasteiger partial charge on any atom is -0.491 e. The van der Waals surface area contributed by atoms with Crippen molar-refractivity contribution in [2.24, 2.45) is 17.8 Å². The summed E-state index contributed by atoms with van der Waals surface area (Å²) in [5, 5.41) is 0. The van der Waals surface area contributed by atoms with Crippen LogP contribution in [0.25, 0.3) is 0 Å². The number of hydrogen-bond donors (Lipinski definition) is 0. The molecule has 3 rings (SSSR count). The van der Waals surface area contributed by atoms with Crippen LogP contribution in [0.15, 0.2) is 29.8 Å². The quantitative estimate of drug-likeness (QED) is 0.238. The Morgan fingerprint density at radius 1 is 0.903 bits per heavy atom. The maximum Gasteiger partial charge on any atom is 0.165 e. The molecule has 2 aliphatic rings. The van der Waals surface area contributed by atoms with Gasteiger partial charge in [0, 0.05) is 0 Å². The van der Waals surface area contributed by atoms with Crippen LogP contribution in [0.2, 0.25) is 0 Å². The van der Waals surface area contributed by atoms with Gasteiger partial charge in [0.2, 0.25) is 0 Å². The molecule has 0 heterocycles. The van der Waals surface area contributed by atoms with Crippen LogP contribution < -0.4 is 4.74 Å². The van der Waals surface area contributed by atoms with Crippen LogP contribution in [0.5, 0.6) is 5.75 Å². The first-order valence-corrected chi connectivity index (χ1v) is 13.3. The van der Waals surface area contributed by atoms with E-state index in [2.05, 4.69) is 13.0 Å². The summed E-state index contributed by atoms with van der Waals surface area (Å²) in [6.45, 7) is 4.91. The molecule has 1 saturated carbocycles. The SMILES string of the molecule is CCCCCCC1CCC(C2CC=C(CCc3ccc(OCCC)c(F)c3)CC2)CC1. The van der Waals surface area contributed by atoms with Crippen molar-refractivity contribution < 1.29 is 9.13 Å². The largest absolute Gasteiger partial charge is 0.491 e. The highest BCUT2D eigenvalue weighted by molar-refractivity contribution is 5.30. The van der Waals surface area contributed by atoms with Crippen LogP contribution in [-0.4, -0.2) is 6.61 Å². The summed E-state index contributed by atoms with van der Waals surface area (Å²) in [6, 6.07) is 5.49. The van der Waals surface area contributed by atoms with E-state index in [1.54, 1.807) is 17.7 Å². The van der Waals surface area contributed by atoms with Crippen molar-refractivity contribution in [3.63, 3.8) is 0 Å². The lowest BCUT2D eigenvalue weighted by Gasteiger charge is -2.35. The number of hydrogen-bond acceptors (Lipinski definition) is 1. The Labute approximate surface area is 190 Å². The molecule has 0 saturated heterocycles. The van der Waals surface area contributed by atoms with Gasteiger partial charge in [-0.15, -0.1) is 0 Å². The number of ether oxygens (including phenoxy) is 1. The fourth-order valence-electron chi connectivity index (χ4n) is 5.71. The van der Waals surface area contributed by atoms with Gasteiger partial charge in [-0.05, 0) is 86.8 Å². The van der Waals surface area contributed by atoms with Crippen LogP contribution >= 0.6 is 0 Å². The van der Waals surface area contributed by atoms with Gasteiger partial charge in [0.25, 0.3) is 0 Å². The van der Waals surface area contributed by atoms with E-state index in [4.69, 9.17) is 4.74 Å². The minimum atomic E-state index is -0.218. The Morgan fingerprint density at radius 3 is 2.42 bits per heavy atom. The molecular formula is C29H45FO.